The highest BCUT2D eigenvalue weighted by Crippen LogP contribution is 2.12. The molecule has 0 fully saturated rings. The van der Waals surface area contributed by atoms with Crippen LogP contribution >= 0.6 is 0 Å². The van der Waals surface area contributed by atoms with Crippen molar-refractivity contribution in [2.45, 2.75) is 162 Å². The molecule has 0 spiro atoms. The third-order valence-electron chi connectivity index (χ3n) is 9.24. The Labute approximate surface area is 390 Å². The standard InChI is InChI=1S/C58H84O6/c1-4-7-10-13-16-19-22-25-27-29-31-33-36-39-42-45-48-51-57(60)63-54-55(53-62-56(59)50-47-44-41-38-35-32-24-21-18-15-12-9-6-3)64-58(61)52-49-46-43-40-37-34-30-28-26-23-20-17-14-11-8-5-2/h7-13,15-22,24-29,31-33,35-36,38,41,55H,4-6,14,23,30,34,37,39-40,42-54H2,1-3H3/b10-7-,11-8-,12-9-,16-13-,18-15-,20-17-,22-19-,24-21-,27-25-,28-26-,31-29+,35-32-,36-33-,41-38-. The van der Waals surface area contributed by atoms with Gasteiger partial charge in [0, 0.05) is 19.3 Å². The second kappa shape index (κ2) is 50.4. The third kappa shape index (κ3) is 47.8. The van der Waals surface area contributed by atoms with Crippen LogP contribution in [0.3, 0.4) is 0 Å². The van der Waals surface area contributed by atoms with Gasteiger partial charge in [-0.2, -0.15) is 0 Å². The lowest BCUT2D eigenvalue weighted by Gasteiger charge is -2.18. The van der Waals surface area contributed by atoms with Crippen LogP contribution in [0.25, 0.3) is 0 Å². The fourth-order valence-corrected chi connectivity index (χ4v) is 5.69. The number of rotatable bonds is 40. The van der Waals surface area contributed by atoms with Gasteiger partial charge in [0.1, 0.15) is 13.2 Å². The molecule has 0 aromatic carbocycles. The number of esters is 3. The van der Waals surface area contributed by atoms with Crippen LogP contribution in [-0.4, -0.2) is 37.2 Å². The molecule has 0 aromatic rings. The molecule has 0 saturated heterocycles. The molecule has 1 atom stereocenters. The first-order chi connectivity index (χ1) is 31.5. The van der Waals surface area contributed by atoms with E-state index < -0.39 is 6.10 Å². The Morgan fingerprint density at radius 1 is 0.328 bits per heavy atom. The Balaban J connectivity index is 4.65. The number of hydrogen-bond donors (Lipinski definition) is 0. The van der Waals surface area contributed by atoms with Gasteiger partial charge >= 0.3 is 17.9 Å². The Bertz CT molecular complexity index is 1570. The molecule has 0 aliphatic rings. The van der Waals surface area contributed by atoms with Gasteiger partial charge in [0.2, 0.25) is 0 Å². The fraction of sp³-hybridized carbons (Fsp3) is 0.466. The van der Waals surface area contributed by atoms with Gasteiger partial charge in [-0.1, -0.05) is 223 Å². The SMILES string of the molecule is CC\C=C/C=C\C=C/C=C\C=C/CCCC(=O)OCC(COC(=O)CCCCC\C=C/C=C/C=C\C=C/C=C\C=C/CC)OC(=O)CCCCCCCC/C=C\C/C=C\C/C=C\CC. The predicted octanol–water partition coefficient (Wildman–Crippen LogP) is 16.0. The summed E-state index contributed by atoms with van der Waals surface area (Å²) < 4.78 is 16.6. The average Bonchev–Trinajstić information content (AvgIpc) is 3.29. The number of hydrogen-bond acceptors (Lipinski definition) is 6. The van der Waals surface area contributed by atoms with Gasteiger partial charge in [-0.05, 0) is 83.5 Å². The van der Waals surface area contributed by atoms with E-state index in [9.17, 15) is 14.4 Å². The molecular weight excluding hydrogens is 793 g/mol. The maximum atomic E-state index is 12.8. The smallest absolute Gasteiger partial charge is 0.306 e. The van der Waals surface area contributed by atoms with Gasteiger partial charge in [-0.25, -0.2) is 0 Å². The highest BCUT2D eigenvalue weighted by molar-refractivity contribution is 5.71. The second-order valence-corrected chi connectivity index (χ2v) is 15.1. The number of allylic oxidation sites excluding steroid dienone is 28. The van der Waals surface area contributed by atoms with E-state index in [2.05, 4.69) is 75.5 Å². The Morgan fingerprint density at radius 3 is 1.14 bits per heavy atom. The van der Waals surface area contributed by atoms with Crippen molar-refractivity contribution in [3.63, 3.8) is 0 Å². The van der Waals surface area contributed by atoms with Crippen molar-refractivity contribution < 1.29 is 28.6 Å². The van der Waals surface area contributed by atoms with Crippen LogP contribution < -0.4 is 0 Å². The zero-order valence-corrected chi connectivity index (χ0v) is 40.0. The first-order valence-corrected chi connectivity index (χ1v) is 24.3. The second-order valence-electron chi connectivity index (χ2n) is 15.1. The molecular formula is C58H84O6. The van der Waals surface area contributed by atoms with Crippen LogP contribution in [0.15, 0.2) is 170 Å². The van der Waals surface area contributed by atoms with Gasteiger partial charge in [0.15, 0.2) is 6.10 Å². The van der Waals surface area contributed by atoms with Crippen LogP contribution in [0.4, 0.5) is 0 Å². The summed E-state index contributed by atoms with van der Waals surface area (Å²) in [6.45, 7) is 6.08. The van der Waals surface area contributed by atoms with E-state index >= 15 is 0 Å². The molecule has 0 aliphatic heterocycles. The topological polar surface area (TPSA) is 78.9 Å². The summed E-state index contributed by atoms with van der Waals surface area (Å²) in [7, 11) is 0. The molecule has 0 aromatic heterocycles. The third-order valence-corrected chi connectivity index (χ3v) is 9.24. The highest BCUT2D eigenvalue weighted by Gasteiger charge is 2.19. The molecule has 352 valence electrons. The summed E-state index contributed by atoms with van der Waals surface area (Å²) in [5, 5.41) is 0. The lowest BCUT2D eigenvalue weighted by Crippen LogP contribution is -2.30. The molecule has 0 heterocycles. The van der Waals surface area contributed by atoms with Gasteiger partial charge in [0.25, 0.3) is 0 Å². The Hall–Kier alpha value is -5.23. The molecule has 6 heteroatoms. The lowest BCUT2D eigenvalue weighted by atomic mass is 10.1. The van der Waals surface area contributed by atoms with E-state index in [1.54, 1.807) is 0 Å². The van der Waals surface area contributed by atoms with Crippen molar-refractivity contribution in [1.82, 2.24) is 0 Å². The van der Waals surface area contributed by atoms with Crippen molar-refractivity contribution in [3.05, 3.63) is 170 Å². The molecule has 0 bridgehead atoms. The largest absolute Gasteiger partial charge is 0.462 e. The number of carbonyl (C=O) groups excluding carboxylic acids is 3. The number of carbonyl (C=O) groups is 3. The van der Waals surface area contributed by atoms with Crippen LogP contribution in [0.2, 0.25) is 0 Å². The van der Waals surface area contributed by atoms with Crippen molar-refractivity contribution in [2.75, 3.05) is 13.2 Å². The molecule has 0 N–H and O–H groups in total. The van der Waals surface area contributed by atoms with E-state index in [0.717, 1.165) is 89.9 Å². The molecule has 0 saturated carbocycles. The van der Waals surface area contributed by atoms with Crippen LogP contribution in [0, 0.1) is 0 Å². The fourth-order valence-electron chi connectivity index (χ4n) is 5.69. The quantitative estimate of drug-likeness (QED) is 0.0201. The summed E-state index contributed by atoms with van der Waals surface area (Å²) in [6.07, 6.45) is 74.8. The van der Waals surface area contributed by atoms with Crippen LogP contribution in [-0.2, 0) is 28.6 Å². The molecule has 0 radical (unpaired) electrons. The maximum Gasteiger partial charge on any atom is 0.306 e. The summed E-state index contributed by atoms with van der Waals surface area (Å²) in [5.41, 5.74) is 0. The monoisotopic (exact) mass is 877 g/mol. The Kier molecular flexibility index (Phi) is 46.3. The summed E-state index contributed by atoms with van der Waals surface area (Å²) in [4.78, 5) is 37.9. The van der Waals surface area contributed by atoms with Gasteiger partial charge in [0.05, 0.1) is 0 Å². The maximum absolute atomic E-state index is 12.8. The van der Waals surface area contributed by atoms with Gasteiger partial charge < -0.3 is 14.2 Å². The molecule has 1 unspecified atom stereocenters. The van der Waals surface area contributed by atoms with Gasteiger partial charge in [-0.15, -0.1) is 0 Å². The summed E-state index contributed by atoms with van der Waals surface area (Å²) in [5.74, 6) is -1.09. The Morgan fingerprint density at radius 2 is 0.656 bits per heavy atom. The van der Waals surface area contributed by atoms with Gasteiger partial charge in [-0.3, -0.25) is 14.4 Å². The van der Waals surface area contributed by atoms with E-state index in [4.69, 9.17) is 14.2 Å². The van der Waals surface area contributed by atoms with Crippen molar-refractivity contribution >= 4 is 17.9 Å². The van der Waals surface area contributed by atoms with E-state index in [1.807, 2.05) is 115 Å². The first-order valence-electron chi connectivity index (χ1n) is 24.3. The summed E-state index contributed by atoms with van der Waals surface area (Å²) in [6, 6.07) is 0. The average molecular weight is 877 g/mol. The predicted molar refractivity (Wildman–Crippen MR) is 274 cm³/mol. The minimum absolute atomic E-state index is 0.139. The lowest BCUT2D eigenvalue weighted by molar-refractivity contribution is -0.167. The number of unbranched alkanes of at least 4 members (excludes halogenated alkanes) is 10. The van der Waals surface area contributed by atoms with Crippen molar-refractivity contribution in [1.29, 1.82) is 0 Å². The normalized spacial score (nSPS) is 13.6. The zero-order chi connectivity index (χ0) is 46.5. The number of ether oxygens (including phenoxy) is 3. The van der Waals surface area contributed by atoms with E-state index in [-0.39, 0.29) is 50.4 Å². The molecule has 0 amide bonds. The van der Waals surface area contributed by atoms with Crippen molar-refractivity contribution in [3.8, 4) is 0 Å². The van der Waals surface area contributed by atoms with Crippen molar-refractivity contribution in [2.24, 2.45) is 0 Å². The minimum Gasteiger partial charge on any atom is -0.462 e. The highest BCUT2D eigenvalue weighted by atomic mass is 16.6. The summed E-state index contributed by atoms with van der Waals surface area (Å²) >= 11 is 0. The molecule has 0 rings (SSSR count). The van der Waals surface area contributed by atoms with Crippen LogP contribution in [0.5, 0.6) is 0 Å². The molecule has 0 aliphatic carbocycles. The van der Waals surface area contributed by atoms with E-state index in [0.29, 0.717) is 12.8 Å². The minimum atomic E-state index is -0.841. The van der Waals surface area contributed by atoms with E-state index in [1.165, 1.54) is 12.8 Å². The van der Waals surface area contributed by atoms with Crippen LogP contribution in [0.1, 0.15) is 156 Å². The molecule has 6 nitrogen and oxygen atoms in total. The zero-order valence-electron chi connectivity index (χ0n) is 40.0. The first kappa shape index (κ1) is 58.8. The molecule has 64 heavy (non-hydrogen) atoms.